The summed E-state index contributed by atoms with van der Waals surface area (Å²) < 4.78 is 0. The summed E-state index contributed by atoms with van der Waals surface area (Å²) >= 11 is 0. The first-order valence-electron chi connectivity index (χ1n) is 10.3. The molecule has 1 unspecified atom stereocenters. The highest BCUT2D eigenvalue weighted by Gasteiger charge is 2.44. The molecule has 2 amide bonds. The zero-order valence-electron chi connectivity index (χ0n) is 16.9. The van der Waals surface area contributed by atoms with Gasteiger partial charge in [-0.15, -0.1) is 0 Å². The topological polar surface area (TPSA) is 62.3 Å². The summed E-state index contributed by atoms with van der Waals surface area (Å²) in [6, 6.07) is 13.8. The summed E-state index contributed by atoms with van der Waals surface area (Å²) in [5.74, 6) is 0.0648. The molecule has 29 heavy (non-hydrogen) atoms. The van der Waals surface area contributed by atoms with Crippen LogP contribution in [-0.4, -0.2) is 28.2 Å². The van der Waals surface area contributed by atoms with Crippen LogP contribution in [0.2, 0.25) is 0 Å². The number of benzene rings is 1. The van der Waals surface area contributed by atoms with Crippen molar-refractivity contribution < 1.29 is 9.59 Å². The molecule has 0 spiro atoms. The van der Waals surface area contributed by atoms with Gasteiger partial charge in [-0.1, -0.05) is 36.4 Å². The molecule has 1 atom stereocenters. The molecule has 1 saturated heterocycles. The van der Waals surface area contributed by atoms with Crippen molar-refractivity contribution in [3.8, 4) is 0 Å². The first-order chi connectivity index (χ1) is 14.1. The Morgan fingerprint density at radius 3 is 2.76 bits per heavy atom. The quantitative estimate of drug-likeness (QED) is 0.841. The predicted octanol–water partition coefficient (Wildman–Crippen LogP) is 4.00. The van der Waals surface area contributed by atoms with Crippen LogP contribution in [-0.2, 0) is 11.3 Å². The first-order valence-corrected chi connectivity index (χ1v) is 10.3. The molecule has 1 aromatic carbocycles. The van der Waals surface area contributed by atoms with Crippen LogP contribution in [0, 0.1) is 12.3 Å². The maximum Gasteiger partial charge on any atom is 0.252 e. The van der Waals surface area contributed by atoms with Crippen LogP contribution >= 0.6 is 0 Å². The molecule has 150 valence electrons. The summed E-state index contributed by atoms with van der Waals surface area (Å²) in [6.45, 7) is 3.04. The fourth-order valence-corrected chi connectivity index (χ4v) is 4.45. The van der Waals surface area contributed by atoms with Crippen molar-refractivity contribution in [2.24, 2.45) is 5.41 Å². The van der Waals surface area contributed by atoms with Crippen molar-refractivity contribution in [3.63, 3.8) is 0 Å². The average molecular weight is 389 g/mol. The van der Waals surface area contributed by atoms with Crippen molar-refractivity contribution in [1.29, 1.82) is 0 Å². The molecule has 1 aliphatic heterocycles. The molecule has 1 fully saturated rings. The van der Waals surface area contributed by atoms with E-state index in [1.165, 1.54) is 0 Å². The second kappa shape index (κ2) is 8.19. The van der Waals surface area contributed by atoms with Gasteiger partial charge in [-0.25, -0.2) is 0 Å². The number of hydrogen-bond donors (Lipinski definition) is 1. The molecule has 5 heteroatoms. The molecular weight excluding hydrogens is 362 g/mol. The van der Waals surface area contributed by atoms with Crippen LogP contribution in [0.25, 0.3) is 0 Å². The summed E-state index contributed by atoms with van der Waals surface area (Å²) in [6.07, 6.45) is 8.19. The Kier molecular flexibility index (Phi) is 5.47. The summed E-state index contributed by atoms with van der Waals surface area (Å²) in [5, 5.41) is 3.12. The second-order valence-electron chi connectivity index (χ2n) is 8.10. The number of allylic oxidation sites excluding steroid dienone is 1. The number of fused-ring (bicyclic) bond motifs is 1. The lowest BCUT2D eigenvalue weighted by molar-refractivity contribution is -0.134. The summed E-state index contributed by atoms with van der Waals surface area (Å²) in [4.78, 5) is 31.6. The van der Waals surface area contributed by atoms with Gasteiger partial charge in [0.2, 0.25) is 5.91 Å². The maximum absolute atomic E-state index is 12.8. The third-order valence-electron chi connectivity index (χ3n) is 6.09. The van der Waals surface area contributed by atoms with Crippen LogP contribution in [0.1, 0.15) is 53.7 Å². The van der Waals surface area contributed by atoms with Crippen molar-refractivity contribution in [2.45, 2.75) is 45.6 Å². The van der Waals surface area contributed by atoms with Crippen molar-refractivity contribution in [3.05, 3.63) is 77.3 Å². The smallest absolute Gasteiger partial charge is 0.252 e. The number of likely N-dealkylation sites (tertiary alicyclic amines) is 1. The van der Waals surface area contributed by atoms with Gasteiger partial charge < -0.3 is 10.2 Å². The van der Waals surface area contributed by atoms with Crippen molar-refractivity contribution >= 4 is 11.8 Å². The number of rotatable bonds is 5. The van der Waals surface area contributed by atoms with Crippen LogP contribution in [0.15, 0.2) is 60.4 Å². The number of carbonyl (C=O) groups excluding carboxylic acids is 2. The van der Waals surface area contributed by atoms with E-state index in [4.69, 9.17) is 0 Å². The monoisotopic (exact) mass is 389 g/mol. The highest BCUT2D eigenvalue weighted by atomic mass is 16.2. The normalized spacial score (nSPS) is 21.3. The molecule has 0 saturated carbocycles. The lowest BCUT2D eigenvalue weighted by atomic mass is 9.69. The number of amides is 2. The molecule has 2 aliphatic rings. The summed E-state index contributed by atoms with van der Waals surface area (Å²) in [5.41, 5.74) is 3.50. The number of nitrogens with zero attached hydrogens (tertiary/aromatic N) is 2. The second-order valence-corrected chi connectivity index (χ2v) is 8.10. The Morgan fingerprint density at radius 1 is 1.17 bits per heavy atom. The third-order valence-corrected chi connectivity index (χ3v) is 6.09. The zero-order valence-corrected chi connectivity index (χ0v) is 16.9. The van der Waals surface area contributed by atoms with E-state index in [0.29, 0.717) is 25.1 Å². The van der Waals surface area contributed by atoms with E-state index in [1.54, 1.807) is 12.3 Å². The minimum absolute atomic E-state index is 0.108. The van der Waals surface area contributed by atoms with Gasteiger partial charge in [0.15, 0.2) is 0 Å². The Balaban J connectivity index is 1.53. The lowest BCUT2D eigenvalue weighted by Gasteiger charge is -2.47. The van der Waals surface area contributed by atoms with Crippen LogP contribution < -0.4 is 5.32 Å². The molecule has 1 aromatic heterocycles. The van der Waals surface area contributed by atoms with Crippen molar-refractivity contribution in [2.75, 3.05) is 6.54 Å². The number of pyridine rings is 1. The molecule has 2 heterocycles. The van der Waals surface area contributed by atoms with Gasteiger partial charge in [0, 0.05) is 36.0 Å². The highest BCUT2D eigenvalue weighted by Crippen LogP contribution is 2.46. The maximum atomic E-state index is 12.8. The minimum atomic E-state index is -0.172. The van der Waals surface area contributed by atoms with E-state index in [-0.39, 0.29) is 17.2 Å². The number of aromatic nitrogens is 1. The largest absolute Gasteiger partial charge is 0.351 e. The summed E-state index contributed by atoms with van der Waals surface area (Å²) in [7, 11) is 0. The Labute approximate surface area is 171 Å². The van der Waals surface area contributed by atoms with E-state index in [2.05, 4.69) is 28.5 Å². The van der Waals surface area contributed by atoms with E-state index in [9.17, 15) is 9.59 Å². The molecule has 4 rings (SSSR count). The van der Waals surface area contributed by atoms with Gasteiger partial charge >= 0.3 is 0 Å². The number of carbonyl (C=O) groups is 2. The van der Waals surface area contributed by atoms with Gasteiger partial charge in [-0.3, -0.25) is 14.6 Å². The fourth-order valence-electron chi connectivity index (χ4n) is 4.45. The lowest BCUT2D eigenvalue weighted by Crippen LogP contribution is -2.50. The van der Waals surface area contributed by atoms with Gasteiger partial charge in [0.05, 0.1) is 12.1 Å². The average Bonchev–Trinajstić information content (AvgIpc) is 2.75. The van der Waals surface area contributed by atoms with Crippen LogP contribution in [0.4, 0.5) is 0 Å². The molecule has 0 bridgehead atoms. The number of piperidine rings is 1. The number of aryl methyl sites for hydroxylation is 1. The molecule has 2 aromatic rings. The number of hydrogen-bond acceptors (Lipinski definition) is 3. The van der Waals surface area contributed by atoms with Crippen LogP contribution in [0.5, 0.6) is 0 Å². The first kappa shape index (κ1) is 19.4. The molecule has 5 nitrogen and oxygen atoms in total. The van der Waals surface area contributed by atoms with Gasteiger partial charge in [0.1, 0.15) is 0 Å². The third kappa shape index (κ3) is 4.09. The van der Waals surface area contributed by atoms with Gasteiger partial charge in [0.25, 0.3) is 5.91 Å². The van der Waals surface area contributed by atoms with Crippen molar-refractivity contribution in [1.82, 2.24) is 15.2 Å². The minimum Gasteiger partial charge on any atom is -0.351 e. The zero-order chi connectivity index (χ0) is 20.3. The van der Waals surface area contributed by atoms with E-state index in [1.807, 2.05) is 36.1 Å². The standard InChI is InChI=1S/C24H27N3O2/c1-18-10-11-20(15-25-18)23(29)26-17-24-13-6-5-9-21(24)27(22(28)12-14-24)16-19-7-3-2-4-8-19/h2-4,7-11,15H,5-6,12-14,16-17H2,1H3,(H,26,29). The predicted molar refractivity (Wildman–Crippen MR) is 112 cm³/mol. The fraction of sp³-hybridized carbons (Fsp3) is 0.375. The Hall–Kier alpha value is -2.95. The van der Waals surface area contributed by atoms with Gasteiger partial charge in [-0.05, 0) is 50.3 Å². The molecular formula is C24H27N3O2. The molecule has 0 radical (unpaired) electrons. The SMILES string of the molecule is Cc1ccc(C(=O)NCC23CCCC=C2N(Cc2ccccc2)C(=O)CC3)cn1. The van der Waals surface area contributed by atoms with E-state index < -0.39 is 0 Å². The highest BCUT2D eigenvalue weighted by molar-refractivity contribution is 5.94. The number of nitrogens with one attached hydrogen (secondary N) is 1. The Morgan fingerprint density at radius 2 is 2.00 bits per heavy atom. The van der Waals surface area contributed by atoms with E-state index in [0.717, 1.165) is 42.6 Å². The molecule has 1 N–H and O–H groups in total. The Bertz CT molecular complexity index is 921. The van der Waals surface area contributed by atoms with Gasteiger partial charge in [-0.2, -0.15) is 0 Å². The van der Waals surface area contributed by atoms with E-state index >= 15 is 0 Å². The molecule has 1 aliphatic carbocycles. The van der Waals surface area contributed by atoms with Crippen LogP contribution in [0.3, 0.4) is 0 Å².